The number of fused-ring (bicyclic) bond motifs is 2. The number of hydrogen-bond donors (Lipinski definition) is 1. The number of carbonyl (C=O) groups is 2. The fourth-order valence-corrected chi connectivity index (χ4v) is 3.91. The summed E-state index contributed by atoms with van der Waals surface area (Å²) in [7, 11) is 0. The fraction of sp³-hybridized carbons (Fsp3) is 0.0370. The molecule has 0 aliphatic rings. The minimum Gasteiger partial charge on any atom is -0.320 e. The molecule has 0 aliphatic carbocycles. The third kappa shape index (κ3) is 3.95. The first kappa shape index (κ1) is 20.2. The van der Waals surface area contributed by atoms with E-state index in [4.69, 9.17) is 5.26 Å². The summed E-state index contributed by atoms with van der Waals surface area (Å²) >= 11 is 0. The van der Waals surface area contributed by atoms with Crippen molar-refractivity contribution >= 4 is 33.8 Å². The van der Waals surface area contributed by atoms with Crippen LogP contribution in [0.5, 0.6) is 0 Å². The minimum absolute atomic E-state index is 0.346. The Bertz CT molecular complexity index is 1560. The Morgan fingerprint density at radius 2 is 1.82 bits per heavy atom. The van der Waals surface area contributed by atoms with E-state index in [2.05, 4.69) is 16.4 Å². The number of anilines is 1. The molecule has 2 aromatic carbocycles. The number of amides is 1. The van der Waals surface area contributed by atoms with E-state index >= 15 is 0 Å². The zero-order chi connectivity index (χ0) is 22.8. The Labute approximate surface area is 189 Å². The van der Waals surface area contributed by atoms with Gasteiger partial charge in [-0.3, -0.25) is 14.6 Å². The molecule has 0 atom stereocenters. The largest absolute Gasteiger partial charge is 0.320 e. The molecule has 0 fully saturated rings. The van der Waals surface area contributed by atoms with Crippen LogP contribution in [-0.2, 0) is 11.2 Å². The van der Waals surface area contributed by atoms with Gasteiger partial charge < -0.3 is 9.72 Å². The van der Waals surface area contributed by atoms with Crippen LogP contribution in [0.1, 0.15) is 27.2 Å². The first-order valence-electron chi connectivity index (χ1n) is 10.4. The highest BCUT2D eigenvalue weighted by atomic mass is 16.2. The lowest BCUT2D eigenvalue weighted by Crippen LogP contribution is -2.22. The maximum atomic E-state index is 13.1. The van der Waals surface area contributed by atoms with E-state index in [9.17, 15) is 9.59 Å². The van der Waals surface area contributed by atoms with Crippen LogP contribution in [0, 0.1) is 11.3 Å². The van der Waals surface area contributed by atoms with Crippen LogP contribution < -0.4 is 5.32 Å². The van der Waals surface area contributed by atoms with Crippen molar-refractivity contribution in [2.45, 2.75) is 6.42 Å². The fourth-order valence-electron chi connectivity index (χ4n) is 3.91. The van der Waals surface area contributed by atoms with Gasteiger partial charge in [-0.2, -0.15) is 5.26 Å². The van der Waals surface area contributed by atoms with Gasteiger partial charge in [-0.05, 0) is 60.2 Å². The third-order valence-electron chi connectivity index (χ3n) is 5.54. The normalized spacial score (nSPS) is 10.8. The smallest absolute Gasteiger partial charge is 0.296 e. The van der Waals surface area contributed by atoms with Crippen molar-refractivity contribution in [3.8, 4) is 6.07 Å². The Morgan fingerprint density at radius 1 is 0.970 bits per heavy atom. The summed E-state index contributed by atoms with van der Waals surface area (Å²) in [6.45, 7) is 0. The molecule has 3 heterocycles. The van der Waals surface area contributed by atoms with Crippen molar-refractivity contribution in [3.05, 3.63) is 114 Å². The van der Waals surface area contributed by atoms with Gasteiger partial charge in [0.05, 0.1) is 28.2 Å². The highest BCUT2D eigenvalue weighted by Crippen LogP contribution is 2.22. The Kier molecular flexibility index (Phi) is 5.13. The summed E-state index contributed by atoms with van der Waals surface area (Å²) in [5, 5.41) is 12.6. The highest BCUT2D eigenvalue weighted by molar-refractivity contribution is 6.47. The van der Waals surface area contributed by atoms with E-state index in [1.54, 1.807) is 42.6 Å². The van der Waals surface area contributed by atoms with E-state index in [1.165, 1.54) is 0 Å². The van der Waals surface area contributed by atoms with E-state index in [0.717, 1.165) is 22.2 Å². The quantitative estimate of drug-likeness (QED) is 0.321. The van der Waals surface area contributed by atoms with Crippen molar-refractivity contribution in [2.24, 2.45) is 0 Å². The number of nitrogens with zero attached hydrogens (tertiary/aromatic N) is 3. The first-order valence-corrected chi connectivity index (χ1v) is 10.4. The van der Waals surface area contributed by atoms with Crippen LogP contribution in [0.2, 0.25) is 0 Å². The Morgan fingerprint density at radius 3 is 2.64 bits per heavy atom. The zero-order valence-corrected chi connectivity index (χ0v) is 17.5. The molecule has 0 saturated carbocycles. The summed E-state index contributed by atoms with van der Waals surface area (Å²) in [4.78, 5) is 30.2. The monoisotopic (exact) mass is 430 g/mol. The molecule has 33 heavy (non-hydrogen) atoms. The molecule has 1 N–H and O–H groups in total. The SMILES string of the molecule is N#Cc1ccc(Cc2cc(C(=O)C(=O)Nc3ccc4ncccc4c3)c3ccccn23)cc1. The van der Waals surface area contributed by atoms with E-state index < -0.39 is 11.7 Å². The molecule has 5 rings (SSSR count). The number of hydrogen-bond acceptors (Lipinski definition) is 4. The van der Waals surface area contributed by atoms with Crippen molar-refractivity contribution in [3.63, 3.8) is 0 Å². The summed E-state index contributed by atoms with van der Waals surface area (Å²) in [6.07, 6.45) is 4.14. The minimum atomic E-state index is -0.695. The highest BCUT2D eigenvalue weighted by Gasteiger charge is 2.22. The van der Waals surface area contributed by atoms with Crippen molar-refractivity contribution in [2.75, 3.05) is 5.32 Å². The van der Waals surface area contributed by atoms with Crippen LogP contribution in [0.3, 0.4) is 0 Å². The second-order valence-corrected chi connectivity index (χ2v) is 7.68. The number of carbonyl (C=O) groups excluding carboxylic acids is 2. The van der Waals surface area contributed by atoms with Gasteiger partial charge in [-0.25, -0.2) is 0 Å². The van der Waals surface area contributed by atoms with Gasteiger partial charge >= 0.3 is 0 Å². The maximum Gasteiger partial charge on any atom is 0.296 e. The molecule has 0 saturated heterocycles. The number of pyridine rings is 2. The summed E-state index contributed by atoms with van der Waals surface area (Å²) in [5.74, 6) is -1.30. The topological polar surface area (TPSA) is 87.3 Å². The molecule has 3 aromatic heterocycles. The Hall–Kier alpha value is -4.76. The second-order valence-electron chi connectivity index (χ2n) is 7.68. The van der Waals surface area contributed by atoms with E-state index in [-0.39, 0.29) is 0 Å². The first-order chi connectivity index (χ1) is 16.1. The van der Waals surface area contributed by atoms with Crippen LogP contribution in [0.15, 0.2) is 91.3 Å². The molecule has 0 radical (unpaired) electrons. The molecule has 1 amide bonds. The molecule has 6 heteroatoms. The molecule has 0 bridgehead atoms. The second kappa shape index (κ2) is 8.40. The predicted octanol–water partition coefficient (Wildman–Crippen LogP) is 4.77. The number of benzene rings is 2. The van der Waals surface area contributed by atoms with Gasteiger partial charge in [0, 0.05) is 35.6 Å². The van der Waals surface area contributed by atoms with Crippen molar-refractivity contribution < 1.29 is 9.59 Å². The molecule has 0 unspecified atom stereocenters. The number of aromatic nitrogens is 2. The Balaban J connectivity index is 1.43. The van der Waals surface area contributed by atoms with Crippen molar-refractivity contribution in [1.82, 2.24) is 9.38 Å². The summed E-state index contributed by atoms with van der Waals surface area (Å²) in [6, 6.07) is 25.8. The van der Waals surface area contributed by atoms with E-state index in [0.29, 0.717) is 28.8 Å². The lowest BCUT2D eigenvalue weighted by molar-refractivity contribution is -0.112. The number of nitrogens with one attached hydrogen (secondary N) is 1. The maximum absolute atomic E-state index is 13.1. The van der Waals surface area contributed by atoms with Gasteiger partial charge in [0.15, 0.2) is 0 Å². The number of rotatable bonds is 5. The molecule has 158 valence electrons. The molecule has 0 spiro atoms. The molecule has 5 aromatic rings. The average molecular weight is 430 g/mol. The van der Waals surface area contributed by atoms with Crippen molar-refractivity contribution in [1.29, 1.82) is 5.26 Å². The lowest BCUT2D eigenvalue weighted by atomic mass is 10.1. The van der Waals surface area contributed by atoms with Gasteiger partial charge in [0.2, 0.25) is 0 Å². The van der Waals surface area contributed by atoms with Gasteiger partial charge in [-0.15, -0.1) is 0 Å². The predicted molar refractivity (Wildman–Crippen MR) is 126 cm³/mol. The molecule has 6 nitrogen and oxygen atoms in total. The molecular formula is C27H18N4O2. The summed E-state index contributed by atoms with van der Waals surface area (Å²) in [5.41, 5.74) is 4.84. The number of nitriles is 1. The average Bonchev–Trinajstić information content (AvgIpc) is 3.22. The third-order valence-corrected chi connectivity index (χ3v) is 5.54. The van der Waals surface area contributed by atoms with Crippen LogP contribution in [0.4, 0.5) is 5.69 Å². The standard InChI is InChI=1S/C27H18N4O2/c28-17-19-8-6-18(7-9-19)14-22-16-23(25-5-1-2-13-31(22)25)26(32)27(33)30-21-10-11-24-20(15-21)4-3-12-29-24/h1-13,15-16H,14H2,(H,30,33). The summed E-state index contributed by atoms with van der Waals surface area (Å²) < 4.78 is 1.92. The lowest BCUT2D eigenvalue weighted by Gasteiger charge is -2.05. The van der Waals surface area contributed by atoms with Crippen LogP contribution >= 0.6 is 0 Å². The van der Waals surface area contributed by atoms with E-state index in [1.807, 2.05) is 53.1 Å². The number of ketones is 1. The molecule has 0 aliphatic heterocycles. The molecular weight excluding hydrogens is 412 g/mol. The van der Waals surface area contributed by atoms with Gasteiger partial charge in [-0.1, -0.05) is 24.3 Å². The van der Waals surface area contributed by atoms with Crippen LogP contribution in [0.25, 0.3) is 16.4 Å². The van der Waals surface area contributed by atoms with Gasteiger partial charge in [0.25, 0.3) is 11.7 Å². The van der Waals surface area contributed by atoms with Crippen LogP contribution in [-0.4, -0.2) is 21.1 Å². The van der Waals surface area contributed by atoms with Gasteiger partial charge in [0.1, 0.15) is 0 Å². The number of Topliss-reactive ketones (excluding diaryl/α,β-unsaturated/α-hetero) is 1. The zero-order valence-electron chi connectivity index (χ0n) is 17.5.